The number of carbonyl (C=O) groups excluding carboxylic acids is 1. The maximum Gasteiger partial charge on any atom is 0.410 e. The van der Waals surface area contributed by atoms with E-state index in [2.05, 4.69) is 17.1 Å². The normalized spacial score (nSPS) is 25.8. The largest absolute Gasteiger partial charge is 0.444 e. The second-order valence-electron chi connectivity index (χ2n) is 9.05. The van der Waals surface area contributed by atoms with Gasteiger partial charge < -0.3 is 29.3 Å². The highest BCUT2D eigenvalue weighted by Crippen LogP contribution is 2.28. The van der Waals surface area contributed by atoms with Gasteiger partial charge >= 0.3 is 6.09 Å². The zero-order chi connectivity index (χ0) is 20.9. The molecule has 3 aliphatic rings. The number of hydrogen-bond acceptors (Lipinski definition) is 5. The van der Waals surface area contributed by atoms with E-state index in [0.717, 1.165) is 57.9 Å². The molecule has 0 spiro atoms. The highest BCUT2D eigenvalue weighted by atomic mass is 16.6. The molecule has 0 radical (unpaired) electrons. The maximum absolute atomic E-state index is 12.5. The standard InChI is InChI=1S/C21H38N4O4/c1-5-22-19(24-12-14-28-18(15-24)17-7-6-13-27-17)23-10-11-25(16-8-9-16)20(26)29-21(2,3)4/h16-18H,5-15H2,1-4H3,(H,22,23). The first-order valence-corrected chi connectivity index (χ1v) is 11.1. The quantitative estimate of drug-likeness (QED) is 0.535. The van der Waals surface area contributed by atoms with E-state index < -0.39 is 5.60 Å². The van der Waals surface area contributed by atoms with Crippen LogP contribution in [0.1, 0.15) is 53.4 Å². The van der Waals surface area contributed by atoms with Crippen LogP contribution in [0.15, 0.2) is 4.99 Å². The second-order valence-corrected chi connectivity index (χ2v) is 9.05. The van der Waals surface area contributed by atoms with Gasteiger partial charge in [0, 0.05) is 38.8 Å². The van der Waals surface area contributed by atoms with Gasteiger partial charge in [-0.05, 0) is 53.4 Å². The van der Waals surface area contributed by atoms with Crippen LogP contribution in [0.5, 0.6) is 0 Å². The van der Waals surface area contributed by atoms with Gasteiger partial charge in [-0.2, -0.15) is 0 Å². The van der Waals surface area contributed by atoms with E-state index in [1.54, 1.807) is 0 Å². The monoisotopic (exact) mass is 410 g/mol. The Balaban J connectivity index is 1.57. The van der Waals surface area contributed by atoms with Gasteiger partial charge in [-0.3, -0.25) is 4.99 Å². The molecular weight excluding hydrogens is 372 g/mol. The minimum Gasteiger partial charge on any atom is -0.444 e. The van der Waals surface area contributed by atoms with Crippen LogP contribution in [0.25, 0.3) is 0 Å². The van der Waals surface area contributed by atoms with Crippen molar-refractivity contribution < 1.29 is 19.0 Å². The lowest BCUT2D eigenvalue weighted by atomic mass is 10.1. The molecule has 1 amide bonds. The summed E-state index contributed by atoms with van der Waals surface area (Å²) in [6.45, 7) is 12.8. The molecule has 3 fully saturated rings. The molecule has 166 valence electrons. The Hall–Kier alpha value is -1.54. The van der Waals surface area contributed by atoms with Gasteiger partial charge in [0.1, 0.15) is 11.7 Å². The summed E-state index contributed by atoms with van der Waals surface area (Å²) in [5.41, 5.74) is -0.479. The lowest BCUT2D eigenvalue weighted by Crippen LogP contribution is -2.53. The summed E-state index contributed by atoms with van der Waals surface area (Å²) in [5.74, 6) is 0.888. The van der Waals surface area contributed by atoms with Crippen molar-refractivity contribution in [3.05, 3.63) is 0 Å². The lowest BCUT2D eigenvalue weighted by molar-refractivity contribution is -0.0817. The van der Waals surface area contributed by atoms with Crippen molar-refractivity contribution >= 4 is 12.1 Å². The SMILES string of the molecule is CCNC(=NCCN(C(=O)OC(C)(C)C)C1CC1)N1CCOC(C2CCCO2)C1. The average Bonchev–Trinajstić information content (AvgIpc) is 3.35. The number of aliphatic imine (C=N–C) groups is 1. The molecule has 29 heavy (non-hydrogen) atoms. The third-order valence-corrected chi connectivity index (χ3v) is 5.33. The Morgan fingerprint density at radius 3 is 2.59 bits per heavy atom. The van der Waals surface area contributed by atoms with Crippen LogP contribution >= 0.6 is 0 Å². The van der Waals surface area contributed by atoms with Gasteiger partial charge in [0.25, 0.3) is 0 Å². The highest BCUT2D eigenvalue weighted by Gasteiger charge is 2.35. The van der Waals surface area contributed by atoms with Crippen molar-refractivity contribution in [1.29, 1.82) is 0 Å². The summed E-state index contributed by atoms with van der Waals surface area (Å²) in [6.07, 6.45) is 4.34. The van der Waals surface area contributed by atoms with Crippen LogP contribution in [0.2, 0.25) is 0 Å². The number of nitrogens with zero attached hydrogens (tertiary/aromatic N) is 3. The second kappa shape index (κ2) is 9.98. The zero-order valence-electron chi connectivity index (χ0n) is 18.5. The number of amides is 1. The first-order valence-electron chi connectivity index (χ1n) is 11.1. The summed E-state index contributed by atoms with van der Waals surface area (Å²) in [4.78, 5) is 21.4. The Labute approximate surface area is 174 Å². The minimum absolute atomic E-state index is 0.0971. The molecule has 2 saturated heterocycles. The molecule has 3 rings (SSSR count). The Morgan fingerprint density at radius 1 is 1.21 bits per heavy atom. The number of rotatable bonds is 6. The summed E-state index contributed by atoms with van der Waals surface area (Å²) >= 11 is 0. The molecule has 2 atom stereocenters. The van der Waals surface area contributed by atoms with E-state index in [-0.39, 0.29) is 18.3 Å². The molecule has 8 heteroatoms. The van der Waals surface area contributed by atoms with E-state index in [4.69, 9.17) is 19.2 Å². The van der Waals surface area contributed by atoms with Crippen LogP contribution in [-0.4, -0.2) is 91.6 Å². The summed E-state index contributed by atoms with van der Waals surface area (Å²) in [7, 11) is 0. The number of morpholine rings is 1. The average molecular weight is 411 g/mol. The topological polar surface area (TPSA) is 75.6 Å². The van der Waals surface area contributed by atoms with Crippen molar-refractivity contribution in [2.75, 3.05) is 45.9 Å². The first kappa shape index (κ1) is 22.2. The fourth-order valence-corrected chi connectivity index (χ4v) is 3.81. The van der Waals surface area contributed by atoms with Gasteiger partial charge in [-0.1, -0.05) is 0 Å². The Morgan fingerprint density at radius 2 is 1.97 bits per heavy atom. The molecule has 8 nitrogen and oxygen atoms in total. The van der Waals surface area contributed by atoms with Crippen molar-refractivity contribution in [3.8, 4) is 0 Å². The van der Waals surface area contributed by atoms with Crippen LogP contribution in [-0.2, 0) is 14.2 Å². The number of ether oxygens (including phenoxy) is 3. The molecule has 2 aliphatic heterocycles. The first-order chi connectivity index (χ1) is 13.9. The van der Waals surface area contributed by atoms with Crippen molar-refractivity contribution in [1.82, 2.24) is 15.1 Å². The number of hydrogen-bond donors (Lipinski definition) is 1. The molecule has 0 aromatic rings. The van der Waals surface area contributed by atoms with Crippen LogP contribution in [0.4, 0.5) is 4.79 Å². The van der Waals surface area contributed by atoms with Crippen molar-refractivity contribution in [2.45, 2.75) is 77.2 Å². The van der Waals surface area contributed by atoms with Crippen molar-refractivity contribution in [3.63, 3.8) is 0 Å². The number of guanidine groups is 1. The predicted octanol–water partition coefficient (Wildman–Crippen LogP) is 2.23. The smallest absolute Gasteiger partial charge is 0.410 e. The minimum atomic E-state index is -0.479. The maximum atomic E-state index is 12.5. The van der Waals surface area contributed by atoms with Gasteiger partial charge in [0.05, 0.1) is 19.3 Å². The number of carbonyl (C=O) groups is 1. The van der Waals surface area contributed by atoms with E-state index in [9.17, 15) is 4.79 Å². The van der Waals surface area contributed by atoms with Crippen LogP contribution in [0, 0.1) is 0 Å². The summed E-state index contributed by atoms with van der Waals surface area (Å²) < 4.78 is 17.4. The van der Waals surface area contributed by atoms with Crippen LogP contribution in [0.3, 0.4) is 0 Å². The molecule has 0 bridgehead atoms. The van der Waals surface area contributed by atoms with E-state index >= 15 is 0 Å². The summed E-state index contributed by atoms with van der Waals surface area (Å²) in [6, 6.07) is 0.301. The Kier molecular flexibility index (Phi) is 7.62. The summed E-state index contributed by atoms with van der Waals surface area (Å²) in [5, 5.41) is 3.39. The number of nitrogens with one attached hydrogen (secondary N) is 1. The molecular formula is C21H38N4O4. The van der Waals surface area contributed by atoms with Gasteiger partial charge in [-0.15, -0.1) is 0 Å². The van der Waals surface area contributed by atoms with Crippen LogP contribution < -0.4 is 5.32 Å². The fourth-order valence-electron chi connectivity index (χ4n) is 3.81. The molecule has 1 saturated carbocycles. The van der Waals surface area contributed by atoms with Crippen molar-refractivity contribution in [2.24, 2.45) is 4.99 Å². The predicted molar refractivity (Wildman–Crippen MR) is 112 cm³/mol. The van der Waals surface area contributed by atoms with E-state index in [1.165, 1.54) is 0 Å². The molecule has 2 unspecified atom stereocenters. The lowest BCUT2D eigenvalue weighted by Gasteiger charge is -2.37. The molecule has 2 heterocycles. The third-order valence-electron chi connectivity index (χ3n) is 5.33. The fraction of sp³-hybridized carbons (Fsp3) is 0.905. The van der Waals surface area contributed by atoms with E-state index in [1.807, 2.05) is 25.7 Å². The molecule has 0 aromatic heterocycles. The van der Waals surface area contributed by atoms with E-state index in [0.29, 0.717) is 25.7 Å². The van der Waals surface area contributed by atoms with Gasteiger partial charge in [0.15, 0.2) is 5.96 Å². The molecule has 0 aromatic carbocycles. The van der Waals surface area contributed by atoms with Gasteiger partial charge in [0.2, 0.25) is 0 Å². The zero-order valence-corrected chi connectivity index (χ0v) is 18.5. The Bertz CT molecular complexity index is 568. The molecule has 1 aliphatic carbocycles. The third kappa shape index (κ3) is 6.74. The molecule has 1 N–H and O–H groups in total. The van der Waals surface area contributed by atoms with Gasteiger partial charge in [-0.25, -0.2) is 4.79 Å². The highest BCUT2D eigenvalue weighted by molar-refractivity contribution is 5.80.